The van der Waals surface area contributed by atoms with Crippen LogP contribution in [0.25, 0.3) is 10.9 Å². The minimum atomic E-state index is -0.974. The van der Waals surface area contributed by atoms with E-state index >= 15 is 0 Å². The molecule has 0 aliphatic rings. The number of rotatable bonds is 1. The van der Waals surface area contributed by atoms with Gasteiger partial charge in [-0.2, -0.15) is 0 Å². The largest absolute Gasteiger partial charge is 0.497 e. The van der Waals surface area contributed by atoms with Crippen LogP contribution in [-0.2, 0) is 0 Å². The highest BCUT2D eigenvalue weighted by Gasteiger charge is 2.10. The first-order valence-electron chi connectivity index (χ1n) is 4.52. The van der Waals surface area contributed by atoms with Crippen LogP contribution in [0, 0.1) is 6.92 Å². The summed E-state index contributed by atoms with van der Waals surface area (Å²) >= 11 is 0. The Morgan fingerprint density at radius 1 is 1.47 bits per heavy atom. The van der Waals surface area contributed by atoms with Gasteiger partial charge in [0.1, 0.15) is 5.75 Å². The highest BCUT2D eigenvalue weighted by atomic mass is 16.5. The van der Waals surface area contributed by atoms with Crippen molar-refractivity contribution >= 4 is 17.0 Å². The predicted octanol–water partition coefficient (Wildman–Crippen LogP) is 2.48. The Labute approximate surface area is 86.7 Å². The van der Waals surface area contributed by atoms with Crippen LogP contribution < -0.4 is 4.74 Å². The van der Waals surface area contributed by atoms with E-state index in [9.17, 15) is 4.79 Å². The fourth-order valence-corrected chi connectivity index (χ4v) is 1.74. The molecule has 1 heterocycles. The molecule has 0 aliphatic heterocycles. The normalized spacial score (nSPS) is 10.5. The first-order valence-corrected chi connectivity index (χ1v) is 4.52. The van der Waals surface area contributed by atoms with Crippen molar-refractivity contribution in [1.29, 1.82) is 0 Å². The van der Waals surface area contributed by atoms with Gasteiger partial charge in [0.15, 0.2) is 0 Å². The van der Waals surface area contributed by atoms with Gasteiger partial charge in [-0.3, -0.25) is 4.57 Å². The lowest BCUT2D eigenvalue weighted by molar-refractivity contribution is 0.197. The summed E-state index contributed by atoms with van der Waals surface area (Å²) in [7, 11) is 1.59. The van der Waals surface area contributed by atoms with Crippen molar-refractivity contribution in [1.82, 2.24) is 4.57 Å². The molecule has 0 atom stereocenters. The molecule has 4 nitrogen and oxygen atoms in total. The average Bonchev–Trinajstić information content (AvgIpc) is 2.61. The van der Waals surface area contributed by atoms with E-state index in [-0.39, 0.29) is 0 Å². The third kappa shape index (κ3) is 1.44. The molecule has 4 heteroatoms. The second-order valence-electron chi connectivity index (χ2n) is 3.35. The van der Waals surface area contributed by atoms with E-state index in [1.165, 1.54) is 4.57 Å². The smallest absolute Gasteiger partial charge is 0.416 e. The Bertz CT molecular complexity index is 528. The molecule has 0 bridgehead atoms. The highest BCUT2D eigenvalue weighted by Crippen LogP contribution is 2.25. The molecule has 0 fully saturated rings. The van der Waals surface area contributed by atoms with Crippen molar-refractivity contribution in [2.75, 3.05) is 7.11 Å². The molecule has 2 rings (SSSR count). The predicted molar refractivity (Wildman–Crippen MR) is 56.6 cm³/mol. The Morgan fingerprint density at radius 2 is 2.20 bits per heavy atom. The summed E-state index contributed by atoms with van der Waals surface area (Å²) in [6.45, 7) is 1.87. The van der Waals surface area contributed by atoms with Gasteiger partial charge in [0, 0.05) is 11.6 Å². The van der Waals surface area contributed by atoms with Gasteiger partial charge in [-0.05, 0) is 30.7 Å². The zero-order chi connectivity index (χ0) is 11.0. The summed E-state index contributed by atoms with van der Waals surface area (Å²) in [5.74, 6) is 0.739. The molecule has 78 valence electrons. The van der Waals surface area contributed by atoms with E-state index < -0.39 is 6.09 Å². The quantitative estimate of drug-likeness (QED) is 0.778. The molecular weight excluding hydrogens is 194 g/mol. The summed E-state index contributed by atoms with van der Waals surface area (Å²) in [6, 6.07) is 5.41. The van der Waals surface area contributed by atoms with Gasteiger partial charge < -0.3 is 9.84 Å². The van der Waals surface area contributed by atoms with Crippen molar-refractivity contribution in [3.05, 3.63) is 30.0 Å². The summed E-state index contributed by atoms with van der Waals surface area (Å²) in [6.07, 6.45) is 0.567. The van der Waals surface area contributed by atoms with E-state index in [2.05, 4.69) is 0 Å². The van der Waals surface area contributed by atoms with Crippen LogP contribution in [0.5, 0.6) is 5.75 Å². The van der Waals surface area contributed by atoms with Crippen LogP contribution in [0.15, 0.2) is 24.4 Å². The standard InChI is InChI=1S/C11H11NO3/c1-7-5-9(15-2)6-8-3-4-12(10(7)8)11(13)14/h3-6H,1-2H3,(H,13,14). The van der Waals surface area contributed by atoms with E-state index in [0.29, 0.717) is 5.52 Å². The second kappa shape index (κ2) is 3.31. The number of aryl methyl sites for hydroxylation is 1. The van der Waals surface area contributed by atoms with Crippen LogP contribution >= 0.6 is 0 Å². The lowest BCUT2D eigenvalue weighted by atomic mass is 10.1. The van der Waals surface area contributed by atoms with Gasteiger partial charge in [-0.15, -0.1) is 0 Å². The number of carboxylic acid groups (broad SMARTS) is 1. The molecule has 0 saturated heterocycles. The fraction of sp³-hybridized carbons (Fsp3) is 0.182. The number of benzene rings is 1. The molecule has 0 unspecified atom stereocenters. The summed E-state index contributed by atoms with van der Waals surface area (Å²) in [5, 5.41) is 9.82. The maximum atomic E-state index is 10.9. The van der Waals surface area contributed by atoms with Crippen LogP contribution in [0.3, 0.4) is 0 Å². The van der Waals surface area contributed by atoms with E-state index in [4.69, 9.17) is 9.84 Å². The first kappa shape index (κ1) is 9.58. The van der Waals surface area contributed by atoms with Crippen molar-refractivity contribution in [3.63, 3.8) is 0 Å². The van der Waals surface area contributed by atoms with Crippen LogP contribution in [0.2, 0.25) is 0 Å². The van der Waals surface area contributed by atoms with Crippen molar-refractivity contribution in [2.24, 2.45) is 0 Å². The third-order valence-electron chi connectivity index (χ3n) is 2.39. The first-order chi connectivity index (χ1) is 7.13. The number of carbonyl (C=O) groups is 1. The molecule has 1 N–H and O–H groups in total. The van der Waals surface area contributed by atoms with Crippen molar-refractivity contribution < 1.29 is 14.6 Å². The monoisotopic (exact) mass is 205 g/mol. The number of fused-ring (bicyclic) bond motifs is 1. The van der Waals surface area contributed by atoms with Crippen LogP contribution in [0.1, 0.15) is 5.56 Å². The van der Waals surface area contributed by atoms with E-state index in [0.717, 1.165) is 16.7 Å². The molecule has 0 spiro atoms. The lowest BCUT2D eigenvalue weighted by Gasteiger charge is -2.05. The number of methoxy groups -OCH3 is 1. The summed E-state index contributed by atoms with van der Waals surface area (Å²) in [4.78, 5) is 10.9. The minimum absolute atomic E-state index is 0.711. The Balaban J connectivity index is 2.77. The minimum Gasteiger partial charge on any atom is -0.497 e. The molecule has 2 aromatic rings. The van der Waals surface area contributed by atoms with Crippen LogP contribution in [0.4, 0.5) is 4.79 Å². The molecule has 0 aliphatic carbocycles. The summed E-state index contributed by atoms with van der Waals surface area (Å²) in [5.41, 5.74) is 1.60. The van der Waals surface area contributed by atoms with E-state index in [1.807, 2.05) is 19.1 Å². The SMILES string of the molecule is COc1cc(C)c2c(ccn2C(=O)O)c1. The number of hydrogen-bond acceptors (Lipinski definition) is 2. The van der Waals surface area contributed by atoms with Gasteiger partial charge in [0.25, 0.3) is 0 Å². The third-order valence-corrected chi connectivity index (χ3v) is 2.39. The average molecular weight is 205 g/mol. The molecule has 1 aromatic carbocycles. The maximum absolute atomic E-state index is 10.9. The van der Waals surface area contributed by atoms with Gasteiger partial charge in [0.05, 0.1) is 12.6 Å². The van der Waals surface area contributed by atoms with Crippen molar-refractivity contribution in [3.8, 4) is 5.75 Å². The number of hydrogen-bond donors (Lipinski definition) is 1. The summed E-state index contributed by atoms with van der Waals surface area (Å²) < 4.78 is 6.33. The van der Waals surface area contributed by atoms with Crippen molar-refractivity contribution in [2.45, 2.75) is 6.92 Å². The van der Waals surface area contributed by atoms with Gasteiger partial charge in [-0.25, -0.2) is 4.79 Å². The Hall–Kier alpha value is -1.97. The topological polar surface area (TPSA) is 51.5 Å². The van der Waals surface area contributed by atoms with Gasteiger partial charge >= 0.3 is 6.09 Å². The Kier molecular flexibility index (Phi) is 2.11. The van der Waals surface area contributed by atoms with Gasteiger partial charge in [-0.1, -0.05) is 0 Å². The fourth-order valence-electron chi connectivity index (χ4n) is 1.74. The Morgan fingerprint density at radius 3 is 2.80 bits per heavy atom. The lowest BCUT2D eigenvalue weighted by Crippen LogP contribution is -2.06. The maximum Gasteiger partial charge on any atom is 0.416 e. The molecule has 1 aromatic heterocycles. The number of aromatic nitrogens is 1. The molecule has 0 radical (unpaired) electrons. The van der Waals surface area contributed by atoms with Gasteiger partial charge in [0.2, 0.25) is 0 Å². The molecule has 15 heavy (non-hydrogen) atoms. The zero-order valence-electron chi connectivity index (χ0n) is 8.52. The van der Waals surface area contributed by atoms with Crippen LogP contribution in [-0.4, -0.2) is 22.9 Å². The zero-order valence-corrected chi connectivity index (χ0v) is 8.52. The molecule has 0 amide bonds. The number of ether oxygens (including phenoxy) is 1. The highest BCUT2D eigenvalue weighted by molar-refractivity contribution is 5.91. The molecular formula is C11H11NO3. The second-order valence-corrected chi connectivity index (χ2v) is 3.35. The molecule has 0 saturated carbocycles. The number of nitrogens with zero attached hydrogens (tertiary/aromatic N) is 1. The van der Waals surface area contributed by atoms with E-state index in [1.54, 1.807) is 19.4 Å².